The molecule has 0 saturated heterocycles. The molecule has 1 unspecified atom stereocenters. The Morgan fingerprint density at radius 2 is 2.05 bits per heavy atom. The van der Waals surface area contributed by atoms with Gasteiger partial charge < -0.3 is 14.5 Å². The molecule has 0 aliphatic rings. The number of aryl methyl sites for hydroxylation is 1. The molecule has 1 N–H and O–H groups in total. The molecule has 110 valence electrons. The zero-order chi connectivity index (χ0) is 14.4. The first-order chi connectivity index (χ1) is 8.93. The summed E-state index contributed by atoms with van der Waals surface area (Å²) in [6.07, 6.45) is 0. The van der Waals surface area contributed by atoms with E-state index in [2.05, 4.69) is 51.0 Å². The molecule has 0 radical (unpaired) electrons. The molecule has 0 fully saturated rings. The Kier molecular flexibility index (Phi) is 6.55. The van der Waals surface area contributed by atoms with Gasteiger partial charge in [-0.15, -0.1) is 0 Å². The summed E-state index contributed by atoms with van der Waals surface area (Å²) >= 11 is 0. The summed E-state index contributed by atoms with van der Waals surface area (Å²) in [6, 6.07) is 2.98. The third-order valence-electron chi connectivity index (χ3n) is 3.31. The molecule has 19 heavy (non-hydrogen) atoms. The highest BCUT2D eigenvalue weighted by Gasteiger charge is 2.13. The Morgan fingerprint density at radius 1 is 1.37 bits per heavy atom. The number of hydrogen-bond acceptors (Lipinski definition) is 4. The van der Waals surface area contributed by atoms with Gasteiger partial charge in [0.1, 0.15) is 11.5 Å². The molecule has 1 rings (SSSR count). The second-order valence-electron chi connectivity index (χ2n) is 5.57. The number of nitrogens with zero attached hydrogens (tertiary/aromatic N) is 1. The average molecular weight is 268 g/mol. The second-order valence-corrected chi connectivity index (χ2v) is 5.57. The lowest BCUT2D eigenvalue weighted by Gasteiger charge is -2.22. The molecular formula is C15H28N2O2. The lowest BCUT2D eigenvalue weighted by molar-refractivity contribution is 0.107. The molecule has 4 heteroatoms. The Balaban J connectivity index is 2.57. The van der Waals surface area contributed by atoms with Crippen LogP contribution in [0.5, 0.6) is 0 Å². The summed E-state index contributed by atoms with van der Waals surface area (Å²) in [6.45, 7) is 10.9. The van der Waals surface area contributed by atoms with Crippen LogP contribution >= 0.6 is 0 Å². The van der Waals surface area contributed by atoms with E-state index in [0.29, 0.717) is 12.1 Å². The highest BCUT2D eigenvalue weighted by Crippen LogP contribution is 2.17. The second kappa shape index (κ2) is 7.68. The van der Waals surface area contributed by atoms with Crippen LogP contribution in [0.25, 0.3) is 0 Å². The predicted molar refractivity (Wildman–Crippen MR) is 78.2 cm³/mol. The van der Waals surface area contributed by atoms with Gasteiger partial charge in [-0.3, -0.25) is 4.90 Å². The van der Waals surface area contributed by atoms with Crippen LogP contribution in [0.15, 0.2) is 10.5 Å². The molecule has 0 aliphatic heterocycles. The highest BCUT2D eigenvalue weighted by atomic mass is 16.5. The fourth-order valence-electron chi connectivity index (χ4n) is 1.91. The monoisotopic (exact) mass is 268 g/mol. The van der Waals surface area contributed by atoms with E-state index >= 15 is 0 Å². The van der Waals surface area contributed by atoms with Crippen molar-refractivity contribution in [3.05, 3.63) is 23.2 Å². The number of nitrogens with one attached hydrogen (secondary N) is 1. The third-order valence-corrected chi connectivity index (χ3v) is 3.31. The van der Waals surface area contributed by atoms with Crippen LogP contribution in [0, 0.1) is 6.92 Å². The first kappa shape index (κ1) is 16.2. The van der Waals surface area contributed by atoms with E-state index in [1.807, 2.05) is 0 Å². The average Bonchev–Trinajstić information content (AvgIpc) is 2.67. The SMILES string of the molecule is COCC(C)N(C)Cc1cc(C)c(CNC(C)C)o1. The van der Waals surface area contributed by atoms with Crippen LogP contribution in [-0.4, -0.2) is 37.7 Å². The van der Waals surface area contributed by atoms with Gasteiger partial charge >= 0.3 is 0 Å². The summed E-state index contributed by atoms with van der Waals surface area (Å²) in [7, 11) is 3.82. The predicted octanol–water partition coefficient (Wildman–Crippen LogP) is 2.55. The van der Waals surface area contributed by atoms with Crippen LogP contribution in [0.3, 0.4) is 0 Å². The van der Waals surface area contributed by atoms with Crippen molar-refractivity contribution in [3.8, 4) is 0 Å². The maximum atomic E-state index is 5.92. The number of furan rings is 1. The van der Waals surface area contributed by atoms with Gasteiger partial charge in [0, 0.05) is 19.2 Å². The smallest absolute Gasteiger partial charge is 0.120 e. The summed E-state index contributed by atoms with van der Waals surface area (Å²) in [5, 5.41) is 3.38. The normalized spacial score (nSPS) is 13.5. The van der Waals surface area contributed by atoms with E-state index in [1.165, 1.54) is 5.56 Å². The number of methoxy groups -OCH3 is 1. The zero-order valence-electron chi connectivity index (χ0n) is 13.1. The largest absolute Gasteiger partial charge is 0.463 e. The lowest BCUT2D eigenvalue weighted by atomic mass is 10.2. The molecule has 0 amide bonds. The molecule has 1 aromatic heterocycles. The van der Waals surface area contributed by atoms with Crippen molar-refractivity contribution in [1.82, 2.24) is 10.2 Å². The van der Waals surface area contributed by atoms with Crippen molar-refractivity contribution in [3.63, 3.8) is 0 Å². The maximum absolute atomic E-state index is 5.92. The first-order valence-electron chi connectivity index (χ1n) is 6.94. The minimum atomic E-state index is 0.382. The van der Waals surface area contributed by atoms with Gasteiger partial charge in [0.25, 0.3) is 0 Å². The van der Waals surface area contributed by atoms with Gasteiger partial charge in [0.05, 0.1) is 19.7 Å². The van der Waals surface area contributed by atoms with Crippen LogP contribution in [-0.2, 0) is 17.8 Å². The van der Waals surface area contributed by atoms with Crippen LogP contribution in [0.2, 0.25) is 0 Å². The molecule has 1 aromatic rings. The lowest BCUT2D eigenvalue weighted by Crippen LogP contribution is -2.32. The van der Waals surface area contributed by atoms with E-state index in [-0.39, 0.29) is 0 Å². The van der Waals surface area contributed by atoms with Gasteiger partial charge in [-0.1, -0.05) is 13.8 Å². The van der Waals surface area contributed by atoms with Gasteiger partial charge in [-0.05, 0) is 32.5 Å². The van der Waals surface area contributed by atoms with E-state index in [4.69, 9.17) is 9.15 Å². The van der Waals surface area contributed by atoms with E-state index in [9.17, 15) is 0 Å². The zero-order valence-corrected chi connectivity index (χ0v) is 13.1. The molecule has 0 aliphatic carbocycles. The third kappa shape index (κ3) is 5.35. The highest BCUT2D eigenvalue weighted by molar-refractivity contribution is 5.20. The van der Waals surface area contributed by atoms with Gasteiger partial charge in [0.15, 0.2) is 0 Å². The van der Waals surface area contributed by atoms with Crippen molar-refractivity contribution in [2.75, 3.05) is 20.8 Å². The van der Waals surface area contributed by atoms with Gasteiger partial charge in [-0.25, -0.2) is 0 Å². The van der Waals surface area contributed by atoms with Crippen molar-refractivity contribution < 1.29 is 9.15 Å². The number of rotatable bonds is 8. The van der Waals surface area contributed by atoms with Gasteiger partial charge in [0.2, 0.25) is 0 Å². The van der Waals surface area contributed by atoms with E-state index in [1.54, 1.807) is 7.11 Å². The number of likely N-dealkylation sites (N-methyl/N-ethyl adjacent to an activating group) is 1. The van der Waals surface area contributed by atoms with E-state index in [0.717, 1.165) is 31.2 Å². The summed E-state index contributed by atoms with van der Waals surface area (Å²) < 4.78 is 11.1. The quantitative estimate of drug-likeness (QED) is 0.786. The summed E-state index contributed by atoms with van der Waals surface area (Å²) in [5.74, 6) is 2.06. The Hall–Kier alpha value is -0.840. The van der Waals surface area contributed by atoms with E-state index < -0.39 is 0 Å². The molecule has 1 heterocycles. The van der Waals surface area contributed by atoms with Crippen molar-refractivity contribution in [1.29, 1.82) is 0 Å². The number of hydrogen-bond donors (Lipinski definition) is 1. The summed E-state index contributed by atoms with van der Waals surface area (Å²) in [5.41, 5.74) is 1.22. The van der Waals surface area contributed by atoms with Crippen molar-refractivity contribution in [2.45, 2.75) is 52.9 Å². The molecule has 1 atom stereocenters. The standard InChI is InChI=1S/C15H28N2O2/c1-11(2)16-8-15-12(3)7-14(19-15)9-17(5)13(4)10-18-6/h7,11,13,16H,8-10H2,1-6H3. The van der Waals surface area contributed by atoms with Crippen molar-refractivity contribution >= 4 is 0 Å². The number of ether oxygens (including phenoxy) is 1. The molecule has 0 bridgehead atoms. The summed E-state index contributed by atoms with van der Waals surface area (Å²) in [4.78, 5) is 2.24. The topological polar surface area (TPSA) is 37.6 Å². The van der Waals surface area contributed by atoms with Crippen LogP contribution in [0.1, 0.15) is 37.9 Å². The van der Waals surface area contributed by atoms with Crippen LogP contribution < -0.4 is 5.32 Å². The minimum Gasteiger partial charge on any atom is -0.463 e. The fraction of sp³-hybridized carbons (Fsp3) is 0.733. The maximum Gasteiger partial charge on any atom is 0.120 e. The Labute approximate surface area is 117 Å². The fourth-order valence-corrected chi connectivity index (χ4v) is 1.91. The molecule has 0 saturated carbocycles. The Morgan fingerprint density at radius 3 is 2.63 bits per heavy atom. The minimum absolute atomic E-state index is 0.382. The van der Waals surface area contributed by atoms with Crippen LogP contribution in [0.4, 0.5) is 0 Å². The molecule has 0 spiro atoms. The molecule has 0 aromatic carbocycles. The first-order valence-corrected chi connectivity index (χ1v) is 6.94. The molecular weight excluding hydrogens is 240 g/mol. The van der Waals surface area contributed by atoms with Crippen molar-refractivity contribution in [2.24, 2.45) is 0 Å². The van der Waals surface area contributed by atoms with Gasteiger partial charge in [-0.2, -0.15) is 0 Å². The Bertz CT molecular complexity index is 374. The molecule has 4 nitrogen and oxygen atoms in total.